The number of hydrogen-bond donors (Lipinski definition) is 2. The van der Waals surface area contributed by atoms with Gasteiger partial charge in [-0.1, -0.05) is 60.7 Å². The summed E-state index contributed by atoms with van der Waals surface area (Å²) in [6, 6.07) is 24.4. The number of amidine groups is 1. The Morgan fingerprint density at radius 3 is 2.24 bits per heavy atom. The molecule has 1 unspecified atom stereocenters. The fourth-order valence-corrected chi connectivity index (χ4v) is 3.51. The number of fused-ring (bicyclic) bond motifs is 3. The average molecular weight is 409 g/mol. The fraction of sp³-hybridized carbons (Fsp3) is 0.125. The molecule has 3 nitrogen and oxygen atoms in total. The summed E-state index contributed by atoms with van der Waals surface area (Å²) >= 11 is 0. The van der Waals surface area contributed by atoms with Crippen LogP contribution in [0.1, 0.15) is 23.7 Å². The lowest BCUT2D eigenvalue weighted by molar-refractivity contribution is 0.187. The molecule has 4 aromatic carbocycles. The smallest absolute Gasteiger partial charge is 0.123 e. The van der Waals surface area contributed by atoms with Gasteiger partial charge in [-0.3, -0.25) is 4.99 Å². The van der Waals surface area contributed by atoms with E-state index >= 15 is 0 Å². The first kappa shape index (κ1) is 20.8. The highest BCUT2D eigenvalue weighted by atomic mass is 35.5. The summed E-state index contributed by atoms with van der Waals surface area (Å²) in [6.45, 7) is 0.358. The minimum Gasteiger partial charge on any atom is -0.388 e. The van der Waals surface area contributed by atoms with Crippen LogP contribution in [0.4, 0.5) is 4.39 Å². The molecule has 4 aromatic rings. The normalized spacial score (nSPS) is 12.7. The van der Waals surface area contributed by atoms with E-state index in [0.717, 1.165) is 32.7 Å². The van der Waals surface area contributed by atoms with Crippen molar-refractivity contribution in [2.45, 2.75) is 19.1 Å². The van der Waals surface area contributed by atoms with Gasteiger partial charge in [0.05, 0.1) is 18.5 Å². The topological polar surface area (TPSA) is 58.6 Å². The van der Waals surface area contributed by atoms with Crippen molar-refractivity contribution >= 4 is 39.8 Å². The minimum absolute atomic E-state index is 0. The second-order valence-corrected chi connectivity index (χ2v) is 6.89. The molecule has 1 atom stereocenters. The molecule has 0 amide bonds. The number of aliphatic hydroxyl groups is 1. The van der Waals surface area contributed by atoms with Gasteiger partial charge in [-0.25, -0.2) is 4.39 Å². The van der Waals surface area contributed by atoms with E-state index in [2.05, 4.69) is 17.1 Å². The molecule has 5 heteroatoms. The minimum atomic E-state index is -0.758. The maximum atomic E-state index is 13.0. The average Bonchev–Trinajstić information content (AvgIpc) is 2.72. The molecule has 0 saturated carbocycles. The number of halogens is 2. The van der Waals surface area contributed by atoms with Crippen LogP contribution >= 0.6 is 12.4 Å². The molecule has 4 rings (SSSR count). The molecule has 0 radical (unpaired) electrons. The van der Waals surface area contributed by atoms with Crippen molar-refractivity contribution in [2.75, 3.05) is 0 Å². The van der Waals surface area contributed by atoms with E-state index in [4.69, 9.17) is 5.73 Å². The molecule has 0 spiro atoms. The van der Waals surface area contributed by atoms with E-state index in [1.807, 2.05) is 42.5 Å². The van der Waals surface area contributed by atoms with E-state index in [1.54, 1.807) is 12.1 Å². The lowest BCUT2D eigenvalue weighted by Gasteiger charge is -2.16. The molecule has 0 saturated heterocycles. The van der Waals surface area contributed by atoms with Gasteiger partial charge in [0, 0.05) is 6.42 Å². The van der Waals surface area contributed by atoms with E-state index in [-0.39, 0.29) is 24.6 Å². The van der Waals surface area contributed by atoms with Crippen molar-refractivity contribution in [1.29, 1.82) is 0 Å². The molecule has 0 aliphatic rings. The maximum absolute atomic E-state index is 13.0. The van der Waals surface area contributed by atoms with E-state index in [9.17, 15) is 9.50 Å². The summed E-state index contributed by atoms with van der Waals surface area (Å²) in [7, 11) is 0. The number of aliphatic hydroxyl groups excluding tert-OH is 1. The molecule has 0 aliphatic carbocycles. The van der Waals surface area contributed by atoms with Crippen LogP contribution in [0.2, 0.25) is 0 Å². The van der Waals surface area contributed by atoms with Gasteiger partial charge in [-0.2, -0.15) is 0 Å². The largest absolute Gasteiger partial charge is 0.388 e. The highest BCUT2D eigenvalue weighted by Crippen LogP contribution is 2.33. The Kier molecular flexibility index (Phi) is 6.47. The van der Waals surface area contributed by atoms with Crippen LogP contribution in [0.25, 0.3) is 21.5 Å². The molecular formula is C24H22ClFN2O. The van der Waals surface area contributed by atoms with Crippen LogP contribution in [0, 0.1) is 5.82 Å². The molecule has 29 heavy (non-hydrogen) atoms. The SMILES string of the molecule is Cl.NC(CC(O)c1cc2ccccc2c2ccccc12)=NCc1ccc(F)cc1. The van der Waals surface area contributed by atoms with Gasteiger partial charge in [-0.05, 0) is 50.9 Å². The number of aliphatic imine (C=N–C) groups is 1. The zero-order valence-electron chi connectivity index (χ0n) is 15.8. The Bertz CT molecular complexity index is 1160. The summed E-state index contributed by atoms with van der Waals surface area (Å²) in [6.07, 6.45) is -0.518. The van der Waals surface area contributed by atoms with Crippen molar-refractivity contribution in [3.8, 4) is 0 Å². The number of benzene rings is 4. The highest BCUT2D eigenvalue weighted by molar-refractivity contribution is 6.09. The first-order chi connectivity index (χ1) is 13.6. The predicted octanol–water partition coefficient (Wildman–Crippen LogP) is 5.53. The van der Waals surface area contributed by atoms with Crippen molar-refractivity contribution < 1.29 is 9.50 Å². The molecule has 3 N–H and O–H groups in total. The molecule has 0 aromatic heterocycles. The lowest BCUT2D eigenvalue weighted by atomic mass is 9.93. The lowest BCUT2D eigenvalue weighted by Crippen LogP contribution is -2.16. The predicted molar refractivity (Wildman–Crippen MR) is 120 cm³/mol. The van der Waals surface area contributed by atoms with Crippen LogP contribution in [0.15, 0.2) is 83.9 Å². The quantitative estimate of drug-likeness (QED) is 0.259. The Balaban J connectivity index is 0.00000240. The molecular weight excluding hydrogens is 387 g/mol. The zero-order chi connectivity index (χ0) is 19.5. The molecule has 0 fully saturated rings. The van der Waals surface area contributed by atoms with Crippen molar-refractivity contribution in [3.05, 3.63) is 95.8 Å². The number of hydrogen-bond acceptors (Lipinski definition) is 2. The first-order valence-electron chi connectivity index (χ1n) is 9.23. The third kappa shape index (κ3) is 4.56. The molecule has 148 valence electrons. The summed E-state index contributed by atoms with van der Waals surface area (Å²) in [4.78, 5) is 4.34. The van der Waals surface area contributed by atoms with Crippen LogP contribution in [-0.4, -0.2) is 10.9 Å². The van der Waals surface area contributed by atoms with Gasteiger partial charge >= 0.3 is 0 Å². The summed E-state index contributed by atoms with van der Waals surface area (Å²) in [5.74, 6) is 0.0911. The van der Waals surface area contributed by atoms with Crippen molar-refractivity contribution in [2.24, 2.45) is 10.7 Å². The number of nitrogens with two attached hydrogens (primary N) is 1. The Hall–Kier alpha value is -2.95. The molecule has 0 aliphatic heterocycles. The van der Waals surface area contributed by atoms with Gasteiger partial charge in [0.1, 0.15) is 5.82 Å². The Morgan fingerprint density at radius 2 is 1.52 bits per heavy atom. The second-order valence-electron chi connectivity index (χ2n) is 6.89. The maximum Gasteiger partial charge on any atom is 0.123 e. The van der Waals surface area contributed by atoms with Gasteiger partial charge in [0.15, 0.2) is 0 Å². The van der Waals surface area contributed by atoms with Crippen LogP contribution in [0.3, 0.4) is 0 Å². The van der Waals surface area contributed by atoms with Gasteiger partial charge in [0.25, 0.3) is 0 Å². The Labute approximate surface area is 175 Å². The summed E-state index contributed by atoms with van der Waals surface area (Å²) < 4.78 is 13.0. The summed E-state index contributed by atoms with van der Waals surface area (Å²) in [5.41, 5.74) is 7.77. The first-order valence-corrected chi connectivity index (χ1v) is 9.23. The van der Waals surface area contributed by atoms with Crippen LogP contribution < -0.4 is 5.73 Å². The van der Waals surface area contributed by atoms with Gasteiger partial charge < -0.3 is 10.8 Å². The van der Waals surface area contributed by atoms with Crippen molar-refractivity contribution in [1.82, 2.24) is 0 Å². The van der Waals surface area contributed by atoms with Crippen LogP contribution in [-0.2, 0) is 6.54 Å². The Morgan fingerprint density at radius 1 is 0.897 bits per heavy atom. The number of rotatable bonds is 5. The van der Waals surface area contributed by atoms with E-state index < -0.39 is 6.10 Å². The van der Waals surface area contributed by atoms with E-state index in [0.29, 0.717) is 12.4 Å². The van der Waals surface area contributed by atoms with Gasteiger partial charge in [0.2, 0.25) is 0 Å². The monoisotopic (exact) mass is 408 g/mol. The standard InChI is InChI=1S/C24H21FN2O.ClH/c25-18-11-9-16(10-12-18)15-27-24(26)14-23(28)22-13-17-5-1-2-6-19(17)20-7-3-4-8-21(20)22;/h1-13,23,28H,14-15H2,(H2,26,27);1H. The van der Waals surface area contributed by atoms with Gasteiger partial charge in [-0.15, -0.1) is 12.4 Å². The van der Waals surface area contributed by atoms with Crippen LogP contribution in [0.5, 0.6) is 0 Å². The third-order valence-corrected chi connectivity index (χ3v) is 4.94. The summed E-state index contributed by atoms with van der Waals surface area (Å²) in [5, 5.41) is 15.2. The number of nitrogens with zero attached hydrogens (tertiary/aromatic N) is 1. The van der Waals surface area contributed by atoms with E-state index in [1.165, 1.54) is 12.1 Å². The third-order valence-electron chi connectivity index (χ3n) is 4.94. The fourth-order valence-electron chi connectivity index (χ4n) is 3.51. The highest BCUT2D eigenvalue weighted by Gasteiger charge is 2.15. The molecule has 0 heterocycles. The second kappa shape index (κ2) is 9.03. The van der Waals surface area contributed by atoms with Crippen molar-refractivity contribution in [3.63, 3.8) is 0 Å². The molecule has 0 bridgehead atoms. The zero-order valence-corrected chi connectivity index (χ0v) is 16.6.